The second kappa shape index (κ2) is 7.41. The summed E-state index contributed by atoms with van der Waals surface area (Å²) in [5, 5.41) is 3.39. The van der Waals surface area contributed by atoms with Crippen LogP contribution in [0.2, 0.25) is 0 Å². The average Bonchev–Trinajstić information content (AvgIpc) is 2.41. The van der Waals surface area contributed by atoms with Gasteiger partial charge in [-0.1, -0.05) is 11.6 Å². The summed E-state index contributed by atoms with van der Waals surface area (Å²) < 4.78 is 11.0. The van der Waals surface area contributed by atoms with Gasteiger partial charge in [0, 0.05) is 20.3 Å². The Kier molecular flexibility index (Phi) is 5.86. The number of hydrogen-bond donors (Lipinski definition) is 1. The van der Waals surface area contributed by atoms with Crippen LogP contribution in [0.1, 0.15) is 45.4 Å². The van der Waals surface area contributed by atoms with Gasteiger partial charge in [-0.15, -0.1) is 0 Å². The molecule has 1 aliphatic carbocycles. The van der Waals surface area contributed by atoms with E-state index in [1.54, 1.807) is 12.7 Å². The van der Waals surface area contributed by atoms with E-state index in [0.717, 1.165) is 38.6 Å². The van der Waals surface area contributed by atoms with E-state index >= 15 is 0 Å². The van der Waals surface area contributed by atoms with Crippen molar-refractivity contribution >= 4 is 0 Å². The van der Waals surface area contributed by atoms with Gasteiger partial charge in [0.15, 0.2) is 0 Å². The molecule has 2 aliphatic rings. The van der Waals surface area contributed by atoms with Gasteiger partial charge in [-0.2, -0.15) is 0 Å². The number of hydrogen-bond acceptors (Lipinski definition) is 3. The van der Waals surface area contributed by atoms with Crippen molar-refractivity contribution < 1.29 is 9.47 Å². The van der Waals surface area contributed by atoms with E-state index in [0.29, 0.717) is 0 Å². The fourth-order valence-corrected chi connectivity index (χ4v) is 3.20. The number of nitrogens with one attached hydrogen (secondary N) is 1. The van der Waals surface area contributed by atoms with Crippen LogP contribution < -0.4 is 5.32 Å². The van der Waals surface area contributed by atoms with Crippen LogP contribution in [0.5, 0.6) is 0 Å². The number of rotatable bonds is 7. The maximum atomic E-state index is 6.00. The van der Waals surface area contributed by atoms with Crippen molar-refractivity contribution in [2.45, 2.75) is 51.0 Å². The lowest BCUT2D eigenvalue weighted by Crippen LogP contribution is -2.45. The van der Waals surface area contributed by atoms with Gasteiger partial charge < -0.3 is 14.8 Å². The molecule has 0 aromatic carbocycles. The van der Waals surface area contributed by atoms with Crippen LogP contribution in [-0.4, -0.2) is 39.0 Å². The van der Waals surface area contributed by atoms with Gasteiger partial charge in [0.25, 0.3) is 0 Å². The zero-order valence-electron chi connectivity index (χ0n) is 12.5. The Morgan fingerprint density at radius 1 is 1.42 bits per heavy atom. The molecule has 0 aromatic rings. The van der Waals surface area contributed by atoms with Crippen molar-refractivity contribution in [2.75, 3.05) is 33.4 Å². The molecule has 0 amide bonds. The van der Waals surface area contributed by atoms with Crippen molar-refractivity contribution in [3.63, 3.8) is 0 Å². The lowest BCUT2D eigenvalue weighted by molar-refractivity contribution is -0.138. The van der Waals surface area contributed by atoms with Crippen LogP contribution in [0, 0.1) is 5.92 Å². The van der Waals surface area contributed by atoms with Gasteiger partial charge in [0.1, 0.15) is 0 Å². The summed E-state index contributed by atoms with van der Waals surface area (Å²) in [5.41, 5.74) is 1.84. The number of allylic oxidation sites excluding steroid dienone is 1. The van der Waals surface area contributed by atoms with E-state index in [1.165, 1.54) is 32.1 Å². The second-order valence-corrected chi connectivity index (χ2v) is 6.05. The van der Waals surface area contributed by atoms with Crippen LogP contribution in [0.15, 0.2) is 11.6 Å². The molecule has 110 valence electrons. The lowest BCUT2D eigenvalue weighted by Gasteiger charge is -2.47. The molecule has 3 heteroatoms. The largest absolute Gasteiger partial charge is 0.383 e. The van der Waals surface area contributed by atoms with Crippen LogP contribution in [0.3, 0.4) is 0 Å². The molecule has 1 saturated carbocycles. The van der Waals surface area contributed by atoms with Crippen molar-refractivity contribution in [3.8, 4) is 0 Å². The van der Waals surface area contributed by atoms with Crippen LogP contribution >= 0.6 is 0 Å². The third kappa shape index (κ3) is 4.30. The van der Waals surface area contributed by atoms with E-state index < -0.39 is 0 Å². The Morgan fingerprint density at radius 2 is 2.26 bits per heavy atom. The van der Waals surface area contributed by atoms with Crippen molar-refractivity contribution in [3.05, 3.63) is 11.6 Å². The minimum Gasteiger partial charge on any atom is -0.383 e. The van der Waals surface area contributed by atoms with Gasteiger partial charge >= 0.3 is 0 Å². The van der Waals surface area contributed by atoms with Crippen molar-refractivity contribution in [1.29, 1.82) is 0 Å². The summed E-state index contributed by atoms with van der Waals surface area (Å²) in [7, 11) is 1.74. The fourth-order valence-electron chi connectivity index (χ4n) is 3.20. The summed E-state index contributed by atoms with van der Waals surface area (Å²) >= 11 is 0. The smallest absolute Gasteiger partial charge is 0.0688 e. The summed E-state index contributed by atoms with van der Waals surface area (Å²) in [4.78, 5) is 0. The Balaban J connectivity index is 1.68. The van der Waals surface area contributed by atoms with E-state index in [-0.39, 0.29) is 5.60 Å². The van der Waals surface area contributed by atoms with Gasteiger partial charge in [0.05, 0.1) is 12.2 Å². The van der Waals surface area contributed by atoms with Gasteiger partial charge in [0.2, 0.25) is 0 Å². The predicted molar refractivity (Wildman–Crippen MR) is 78.4 cm³/mol. The molecule has 1 saturated heterocycles. The van der Waals surface area contributed by atoms with Crippen molar-refractivity contribution in [2.24, 2.45) is 5.92 Å². The Bertz CT molecular complexity index is 297. The molecular formula is C16H29NO2. The summed E-state index contributed by atoms with van der Waals surface area (Å²) in [5.74, 6) is 0.757. The minimum atomic E-state index is 0.273. The quantitative estimate of drug-likeness (QED) is 0.568. The standard InChI is InChI=1S/C16H29NO2/c1-14(5-3-9-17-10-12-18-2)15-6-11-19-16(13-15)7-4-8-16/h5,15,17H,3-4,6-13H2,1-2H3. The average molecular weight is 267 g/mol. The first kappa shape index (κ1) is 15.0. The highest BCUT2D eigenvalue weighted by molar-refractivity contribution is 5.08. The third-order valence-corrected chi connectivity index (χ3v) is 4.67. The maximum Gasteiger partial charge on any atom is 0.0688 e. The SMILES string of the molecule is COCCNCCC=C(C)C1CCOC2(CCC2)C1. The maximum absolute atomic E-state index is 6.00. The van der Waals surface area contributed by atoms with Crippen molar-refractivity contribution in [1.82, 2.24) is 5.32 Å². The third-order valence-electron chi connectivity index (χ3n) is 4.67. The molecule has 1 atom stereocenters. The highest BCUT2D eigenvalue weighted by atomic mass is 16.5. The fraction of sp³-hybridized carbons (Fsp3) is 0.875. The van der Waals surface area contributed by atoms with E-state index in [1.807, 2.05) is 0 Å². The molecule has 2 fully saturated rings. The molecule has 19 heavy (non-hydrogen) atoms. The first-order valence-corrected chi connectivity index (χ1v) is 7.76. The number of methoxy groups -OCH3 is 1. The summed E-state index contributed by atoms with van der Waals surface area (Å²) in [6.45, 7) is 6.06. The van der Waals surface area contributed by atoms with Gasteiger partial charge in [-0.25, -0.2) is 0 Å². The molecule has 1 spiro atoms. The Hall–Kier alpha value is -0.380. The second-order valence-electron chi connectivity index (χ2n) is 6.05. The summed E-state index contributed by atoms with van der Waals surface area (Å²) in [6.07, 6.45) is 9.94. The Morgan fingerprint density at radius 3 is 2.95 bits per heavy atom. The molecule has 1 unspecified atom stereocenters. The molecule has 0 radical (unpaired) electrons. The molecule has 1 aliphatic heterocycles. The normalized spacial score (nSPS) is 26.4. The van der Waals surface area contributed by atoms with E-state index in [9.17, 15) is 0 Å². The predicted octanol–water partition coefficient (Wildman–Crippen LogP) is 2.91. The minimum absolute atomic E-state index is 0.273. The molecule has 0 aromatic heterocycles. The zero-order chi connectivity index (χ0) is 13.6. The lowest BCUT2D eigenvalue weighted by atomic mass is 9.70. The Labute approximate surface area is 117 Å². The van der Waals surface area contributed by atoms with E-state index in [2.05, 4.69) is 18.3 Å². The molecule has 1 heterocycles. The first-order chi connectivity index (χ1) is 9.26. The van der Waals surface area contributed by atoms with Crippen LogP contribution in [-0.2, 0) is 9.47 Å². The molecule has 3 nitrogen and oxygen atoms in total. The topological polar surface area (TPSA) is 30.5 Å². The van der Waals surface area contributed by atoms with E-state index in [4.69, 9.17) is 9.47 Å². The highest BCUT2D eigenvalue weighted by Crippen LogP contribution is 2.45. The number of ether oxygens (including phenoxy) is 2. The highest BCUT2D eigenvalue weighted by Gasteiger charge is 2.42. The zero-order valence-corrected chi connectivity index (χ0v) is 12.5. The monoisotopic (exact) mass is 267 g/mol. The molecule has 2 rings (SSSR count). The molecule has 1 N–H and O–H groups in total. The van der Waals surface area contributed by atoms with Gasteiger partial charge in [-0.05, 0) is 57.9 Å². The van der Waals surface area contributed by atoms with Crippen LogP contribution in [0.25, 0.3) is 0 Å². The van der Waals surface area contributed by atoms with Crippen LogP contribution in [0.4, 0.5) is 0 Å². The first-order valence-electron chi connectivity index (χ1n) is 7.76. The molecule has 0 bridgehead atoms. The van der Waals surface area contributed by atoms with Gasteiger partial charge in [-0.3, -0.25) is 0 Å². The summed E-state index contributed by atoms with van der Waals surface area (Å²) in [6, 6.07) is 0. The molecular weight excluding hydrogens is 238 g/mol.